The van der Waals surface area contributed by atoms with Crippen molar-refractivity contribution in [3.8, 4) is 0 Å². The van der Waals surface area contributed by atoms with Gasteiger partial charge in [-0.3, -0.25) is 4.89 Å². The fourth-order valence-electron chi connectivity index (χ4n) is 1.21. The van der Waals surface area contributed by atoms with E-state index in [1.54, 1.807) is 19.9 Å². The molecule has 0 fully saturated rings. The van der Waals surface area contributed by atoms with Crippen molar-refractivity contribution in [2.24, 2.45) is 0 Å². The summed E-state index contributed by atoms with van der Waals surface area (Å²) in [6.07, 6.45) is 0.676. The highest BCUT2D eigenvalue weighted by atomic mass is 17.2. The van der Waals surface area contributed by atoms with Gasteiger partial charge in [0.05, 0.1) is 11.7 Å². The molecule has 0 saturated carbocycles. The van der Waals surface area contributed by atoms with E-state index in [4.69, 9.17) is 9.78 Å². The van der Waals surface area contributed by atoms with Crippen LogP contribution in [0.2, 0.25) is 0 Å². The van der Waals surface area contributed by atoms with Gasteiger partial charge in [-0.05, 0) is 31.9 Å². The molecule has 0 aliphatic heterocycles. The number of hydrogen-bond acceptors (Lipinski definition) is 3. The van der Waals surface area contributed by atoms with Crippen molar-refractivity contribution in [2.45, 2.75) is 33.3 Å². The van der Waals surface area contributed by atoms with Crippen LogP contribution in [0.1, 0.15) is 36.7 Å². The first-order valence-electron chi connectivity index (χ1n) is 5.10. The zero-order chi connectivity index (χ0) is 11.3. The van der Waals surface area contributed by atoms with Crippen LogP contribution in [0.4, 0.5) is 0 Å². The predicted octanol–water partition coefficient (Wildman–Crippen LogP) is 2.75. The first kappa shape index (κ1) is 11.7. The molecule has 0 spiro atoms. The maximum absolute atomic E-state index is 11.6. The van der Waals surface area contributed by atoms with Crippen molar-refractivity contribution in [1.29, 1.82) is 0 Å². The van der Waals surface area contributed by atoms with E-state index in [2.05, 4.69) is 0 Å². The van der Waals surface area contributed by atoms with Crippen molar-refractivity contribution in [2.75, 3.05) is 0 Å². The van der Waals surface area contributed by atoms with Gasteiger partial charge in [0.15, 0.2) is 0 Å². The van der Waals surface area contributed by atoms with E-state index in [1.807, 2.05) is 25.1 Å². The highest BCUT2D eigenvalue weighted by Crippen LogP contribution is 2.11. The molecule has 82 valence electrons. The number of carbonyl (C=O) groups excluding carboxylic acids is 1. The average Bonchev–Trinajstić information content (AvgIpc) is 2.25. The van der Waals surface area contributed by atoms with Gasteiger partial charge in [0.1, 0.15) is 0 Å². The lowest BCUT2D eigenvalue weighted by Gasteiger charge is -2.08. The van der Waals surface area contributed by atoms with Crippen LogP contribution in [0.25, 0.3) is 0 Å². The van der Waals surface area contributed by atoms with Crippen molar-refractivity contribution < 1.29 is 14.6 Å². The third kappa shape index (κ3) is 3.36. The molecule has 0 atom stereocenters. The van der Waals surface area contributed by atoms with E-state index in [-0.39, 0.29) is 6.10 Å². The van der Waals surface area contributed by atoms with Gasteiger partial charge in [-0.1, -0.05) is 25.1 Å². The van der Waals surface area contributed by atoms with E-state index < -0.39 is 5.97 Å². The minimum Gasteiger partial charge on any atom is -0.293 e. The minimum atomic E-state index is -0.429. The van der Waals surface area contributed by atoms with E-state index >= 15 is 0 Å². The fraction of sp³-hybridized carbons (Fsp3) is 0.417. The van der Waals surface area contributed by atoms with Gasteiger partial charge in [-0.15, -0.1) is 0 Å². The first-order chi connectivity index (χ1) is 7.15. The molecule has 0 N–H and O–H groups in total. The van der Waals surface area contributed by atoms with E-state index in [1.165, 1.54) is 0 Å². The highest BCUT2D eigenvalue weighted by molar-refractivity contribution is 5.90. The van der Waals surface area contributed by atoms with Gasteiger partial charge in [0.2, 0.25) is 0 Å². The summed E-state index contributed by atoms with van der Waals surface area (Å²) in [7, 11) is 0. The van der Waals surface area contributed by atoms with Gasteiger partial charge in [-0.2, -0.15) is 4.89 Å². The summed E-state index contributed by atoms with van der Waals surface area (Å²) in [6.45, 7) is 5.60. The molecule has 0 heterocycles. The lowest BCUT2D eigenvalue weighted by molar-refractivity contribution is -0.265. The summed E-state index contributed by atoms with van der Waals surface area (Å²) >= 11 is 0. The second kappa shape index (κ2) is 5.51. The Labute approximate surface area is 89.9 Å². The SMILES string of the molecule is CCc1ccccc1C(=O)OOC(C)C. The maximum Gasteiger partial charge on any atom is 0.373 e. The van der Waals surface area contributed by atoms with Gasteiger partial charge in [0, 0.05) is 0 Å². The minimum absolute atomic E-state index is 0.122. The molecule has 0 aliphatic rings. The number of rotatable bonds is 4. The smallest absolute Gasteiger partial charge is 0.293 e. The number of benzene rings is 1. The number of carbonyl (C=O) groups is 1. The lowest BCUT2D eigenvalue weighted by Crippen LogP contribution is -2.12. The van der Waals surface area contributed by atoms with Crippen LogP contribution in [-0.4, -0.2) is 12.1 Å². The molecule has 0 unspecified atom stereocenters. The van der Waals surface area contributed by atoms with E-state index in [0.717, 1.165) is 12.0 Å². The highest BCUT2D eigenvalue weighted by Gasteiger charge is 2.12. The topological polar surface area (TPSA) is 35.5 Å². The largest absolute Gasteiger partial charge is 0.373 e. The summed E-state index contributed by atoms with van der Waals surface area (Å²) in [5.74, 6) is -0.429. The Kier molecular flexibility index (Phi) is 4.31. The van der Waals surface area contributed by atoms with Crippen LogP contribution >= 0.6 is 0 Å². The van der Waals surface area contributed by atoms with Crippen LogP contribution in [-0.2, 0) is 16.2 Å². The Morgan fingerprint density at radius 3 is 2.60 bits per heavy atom. The van der Waals surface area contributed by atoms with Gasteiger partial charge in [-0.25, -0.2) is 4.79 Å². The standard InChI is InChI=1S/C12H16O3/c1-4-10-7-5-6-8-11(10)12(13)15-14-9(2)3/h5-9H,4H2,1-3H3. The van der Waals surface area contributed by atoms with Gasteiger partial charge < -0.3 is 0 Å². The molecular weight excluding hydrogens is 192 g/mol. The molecule has 1 rings (SSSR count). The second-order valence-electron chi connectivity index (χ2n) is 3.53. The molecule has 0 bridgehead atoms. The fourth-order valence-corrected chi connectivity index (χ4v) is 1.21. The lowest BCUT2D eigenvalue weighted by atomic mass is 10.1. The Balaban J connectivity index is 2.72. The summed E-state index contributed by atoms with van der Waals surface area (Å²) in [6, 6.07) is 7.36. The van der Waals surface area contributed by atoms with Gasteiger partial charge in [0.25, 0.3) is 0 Å². The number of hydrogen-bond donors (Lipinski definition) is 0. The monoisotopic (exact) mass is 208 g/mol. The van der Waals surface area contributed by atoms with Gasteiger partial charge >= 0.3 is 5.97 Å². The molecule has 0 amide bonds. The molecule has 1 aromatic carbocycles. The zero-order valence-corrected chi connectivity index (χ0v) is 9.32. The molecule has 0 aliphatic carbocycles. The first-order valence-corrected chi connectivity index (χ1v) is 5.10. The average molecular weight is 208 g/mol. The summed E-state index contributed by atoms with van der Waals surface area (Å²) in [4.78, 5) is 21.1. The molecule has 0 radical (unpaired) electrons. The second-order valence-corrected chi connectivity index (χ2v) is 3.53. The third-order valence-corrected chi connectivity index (χ3v) is 1.93. The quantitative estimate of drug-likeness (QED) is 0.563. The normalized spacial score (nSPS) is 10.4. The maximum atomic E-state index is 11.6. The summed E-state index contributed by atoms with van der Waals surface area (Å²) < 4.78 is 0. The van der Waals surface area contributed by atoms with Crippen molar-refractivity contribution in [3.63, 3.8) is 0 Å². The Morgan fingerprint density at radius 2 is 2.00 bits per heavy atom. The van der Waals surface area contributed by atoms with Crippen molar-refractivity contribution >= 4 is 5.97 Å². The van der Waals surface area contributed by atoms with Crippen LogP contribution in [0.3, 0.4) is 0 Å². The Hall–Kier alpha value is -1.35. The molecule has 3 nitrogen and oxygen atoms in total. The van der Waals surface area contributed by atoms with Crippen LogP contribution < -0.4 is 0 Å². The summed E-state index contributed by atoms with van der Waals surface area (Å²) in [5, 5.41) is 0. The third-order valence-electron chi connectivity index (χ3n) is 1.93. The molecule has 0 saturated heterocycles. The van der Waals surface area contributed by atoms with Crippen LogP contribution in [0.15, 0.2) is 24.3 Å². The molecule has 0 aromatic heterocycles. The van der Waals surface area contributed by atoms with Crippen molar-refractivity contribution in [1.82, 2.24) is 0 Å². The molecular formula is C12H16O3. The van der Waals surface area contributed by atoms with E-state index in [9.17, 15) is 4.79 Å². The van der Waals surface area contributed by atoms with Crippen LogP contribution in [0, 0.1) is 0 Å². The molecule has 1 aromatic rings. The van der Waals surface area contributed by atoms with Crippen LogP contribution in [0.5, 0.6) is 0 Å². The Morgan fingerprint density at radius 1 is 1.33 bits per heavy atom. The Bertz CT molecular complexity index is 331. The summed E-state index contributed by atoms with van der Waals surface area (Å²) in [5.41, 5.74) is 1.54. The predicted molar refractivity (Wildman–Crippen MR) is 57.5 cm³/mol. The molecule has 3 heteroatoms. The molecule has 15 heavy (non-hydrogen) atoms. The number of aryl methyl sites for hydroxylation is 1. The van der Waals surface area contributed by atoms with Crippen molar-refractivity contribution in [3.05, 3.63) is 35.4 Å². The van der Waals surface area contributed by atoms with E-state index in [0.29, 0.717) is 5.56 Å². The zero-order valence-electron chi connectivity index (χ0n) is 9.32.